The predicted octanol–water partition coefficient (Wildman–Crippen LogP) is 7.66. The fraction of sp³-hybridized carbons (Fsp3) is 0.0833. The van der Waals surface area contributed by atoms with Crippen molar-refractivity contribution in [2.45, 2.75) is 13.1 Å². The zero-order chi connectivity index (χ0) is 20.6. The van der Waals surface area contributed by atoms with Crippen LogP contribution in [0.4, 0.5) is 18.9 Å². The minimum atomic E-state index is -4.47. The molecule has 0 radical (unpaired) electrons. The smallest absolute Gasteiger partial charge is 0.399 e. The van der Waals surface area contributed by atoms with Crippen LogP contribution in [0.5, 0.6) is 0 Å². The number of rotatable bonds is 3. The van der Waals surface area contributed by atoms with Crippen LogP contribution in [-0.4, -0.2) is 0 Å². The Kier molecular flexibility index (Phi) is 4.92. The van der Waals surface area contributed by atoms with Crippen LogP contribution in [0.1, 0.15) is 11.1 Å². The lowest BCUT2D eigenvalue weighted by molar-refractivity contribution is -0.137. The van der Waals surface area contributed by atoms with E-state index in [0.29, 0.717) is 22.4 Å². The molecule has 0 aliphatic carbocycles. The first kappa shape index (κ1) is 19.3. The zero-order valence-corrected chi connectivity index (χ0v) is 16.4. The fourth-order valence-corrected chi connectivity index (χ4v) is 4.40. The number of hydrogen-bond donors (Lipinski definition) is 1. The van der Waals surface area contributed by atoms with E-state index < -0.39 is 11.7 Å². The van der Waals surface area contributed by atoms with Gasteiger partial charge in [-0.05, 0) is 58.8 Å². The van der Waals surface area contributed by atoms with E-state index in [1.165, 1.54) is 17.4 Å². The van der Waals surface area contributed by atoms with Gasteiger partial charge in [-0.3, -0.25) is 0 Å². The third-order valence-electron chi connectivity index (χ3n) is 4.77. The van der Waals surface area contributed by atoms with Crippen molar-refractivity contribution in [1.29, 1.82) is 0 Å². The van der Waals surface area contributed by atoms with E-state index in [0.717, 1.165) is 16.0 Å². The maximum absolute atomic E-state index is 14.0. The lowest BCUT2D eigenvalue weighted by atomic mass is 9.86. The van der Waals surface area contributed by atoms with Crippen LogP contribution < -0.4 is 5.73 Å². The minimum Gasteiger partial charge on any atom is -0.399 e. The molecule has 0 fully saturated rings. The second-order valence-electron chi connectivity index (χ2n) is 6.88. The lowest BCUT2D eigenvalue weighted by Gasteiger charge is -2.21. The normalized spacial score (nSPS) is 11.6. The summed E-state index contributed by atoms with van der Waals surface area (Å²) in [4.78, 5) is 0.931. The van der Waals surface area contributed by atoms with E-state index in [2.05, 4.69) is 0 Å². The number of nitrogens with two attached hydrogens (primary N) is 1. The van der Waals surface area contributed by atoms with Crippen LogP contribution in [-0.2, 0) is 6.18 Å². The molecule has 0 bridgehead atoms. The van der Waals surface area contributed by atoms with E-state index in [1.807, 2.05) is 18.4 Å². The number of hydrogen-bond acceptors (Lipinski definition) is 2. The molecule has 0 aliphatic rings. The van der Waals surface area contributed by atoms with Crippen LogP contribution in [0.2, 0.25) is 0 Å². The van der Waals surface area contributed by atoms with Gasteiger partial charge in [-0.1, -0.05) is 48.5 Å². The number of halogens is 3. The number of thiophene rings is 1. The highest BCUT2D eigenvalue weighted by molar-refractivity contribution is 7.13. The van der Waals surface area contributed by atoms with Gasteiger partial charge >= 0.3 is 6.18 Å². The fourth-order valence-electron chi connectivity index (χ4n) is 3.47. The molecule has 4 rings (SSSR count). The summed E-state index contributed by atoms with van der Waals surface area (Å²) in [5.41, 5.74) is 9.58. The molecule has 0 saturated heterocycles. The number of nitrogen functional groups attached to an aromatic ring is 1. The molecular formula is C24H18F3NS. The van der Waals surface area contributed by atoms with Crippen molar-refractivity contribution in [2.24, 2.45) is 0 Å². The summed E-state index contributed by atoms with van der Waals surface area (Å²) in [5.74, 6) is 0. The van der Waals surface area contributed by atoms with Gasteiger partial charge in [0.15, 0.2) is 0 Å². The van der Waals surface area contributed by atoms with Crippen LogP contribution in [0, 0.1) is 6.92 Å². The first-order chi connectivity index (χ1) is 13.8. The Labute approximate surface area is 171 Å². The Morgan fingerprint density at radius 3 is 2.03 bits per heavy atom. The van der Waals surface area contributed by atoms with E-state index in [4.69, 9.17) is 5.73 Å². The van der Waals surface area contributed by atoms with Crippen LogP contribution in [0.3, 0.4) is 0 Å². The highest BCUT2D eigenvalue weighted by atomic mass is 32.1. The third kappa shape index (κ3) is 3.78. The number of benzene rings is 3. The van der Waals surface area contributed by atoms with Gasteiger partial charge in [-0.25, -0.2) is 0 Å². The minimum absolute atomic E-state index is 0.187. The summed E-state index contributed by atoms with van der Waals surface area (Å²) in [7, 11) is 0. The molecular weight excluding hydrogens is 391 g/mol. The summed E-state index contributed by atoms with van der Waals surface area (Å²) >= 11 is 1.53. The zero-order valence-electron chi connectivity index (χ0n) is 15.6. The van der Waals surface area contributed by atoms with Crippen molar-refractivity contribution in [3.63, 3.8) is 0 Å². The molecule has 146 valence electrons. The molecule has 0 atom stereocenters. The van der Waals surface area contributed by atoms with Crippen LogP contribution >= 0.6 is 11.3 Å². The van der Waals surface area contributed by atoms with Gasteiger partial charge in [-0.2, -0.15) is 13.2 Å². The third-order valence-corrected chi connectivity index (χ3v) is 5.85. The molecule has 3 aromatic carbocycles. The molecule has 1 heterocycles. The molecule has 5 heteroatoms. The van der Waals surface area contributed by atoms with Crippen molar-refractivity contribution in [3.05, 3.63) is 89.3 Å². The van der Waals surface area contributed by atoms with Gasteiger partial charge in [0.25, 0.3) is 0 Å². The van der Waals surface area contributed by atoms with Gasteiger partial charge < -0.3 is 5.73 Å². The van der Waals surface area contributed by atoms with E-state index in [9.17, 15) is 13.2 Å². The topological polar surface area (TPSA) is 26.0 Å². The molecule has 1 aromatic heterocycles. The number of aryl methyl sites for hydroxylation is 1. The molecule has 0 unspecified atom stereocenters. The second kappa shape index (κ2) is 7.41. The van der Waals surface area contributed by atoms with Gasteiger partial charge in [0.2, 0.25) is 0 Å². The van der Waals surface area contributed by atoms with Crippen molar-refractivity contribution in [3.8, 4) is 32.7 Å². The SMILES string of the molecule is Cc1csc(-c2ccc(C(F)(F)F)c(-c3ccccc3)c2-c2ccc(N)cc2)c1. The van der Waals surface area contributed by atoms with E-state index in [1.54, 1.807) is 60.7 Å². The summed E-state index contributed by atoms with van der Waals surface area (Å²) in [5, 5.41) is 2.00. The van der Waals surface area contributed by atoms with Crippen molar-refractivity contribution in [2.75, 3.05) is 5.73 Å². The van der Waals surface area contributed by atoms with E-state index in [-0.39, 0.29) is 5.56 Å². The maximum Gasteiger partial charge on any atom is 0.417 e. The molecule has 0 aliphatic heterocycles. The lowest BCUT2D eigenvalue weighted by Crippen LogP contribution is -2.09. The van der Waals surface area contributed by atoms with Crippen molar-refractivity contribution in [1.82, 2.24) is 0 Å². The Bertz CT molecular complexity index is 1140. The summed E-state index contributed by atoms with van der Waals surface area (Å²) in [6.07, 6.45) is -4.47. The van der Waals surface area contributed by atoms with Gasteiger partial charge in [0.1, 0.15) is 0 Å². The van der Waals surface area contributed by atoms with Gasteiger partial charge in [0.05, 0.1) is 5.56 Å². The Morgan fingerprint density at radius 2 is 1.45 bits per heavy atom. The second-order valence-corrected chi connectivity index (χ2v) is 7.80. The molecule has 2 N–H and O–H groups in total. The van der Waals surface area contributed by atoms with Gasteiger partial charge in [0, 0.05) is 21.7 Å². The molecule has 0 saturated carbocycles. The standard InChI is InChI=1S/C24H18F3NS/c1-15-13-21(29-14-15)19-11-12-20(24(25,26)27)23(16-5-3-2-4-6-16)22(19)17-7-9-18(28)10-8-17/h2-14H,28H2,1H3. The molecule has 1 nitrogen and oxygen atoms in total. The molecule has 0 amide bonds. The Morgan fingerprint density at radius 1 is 0.793 bits per heavy atom. The molecule has 4 aromatic rings. The summed E-state index contributed by atoms with van der Waals surface area (Å²) in [6, 6.07) is 20.5. The van der Waals surface area contributed by atoms with Crippen molar-refractivity contribution >= 4 is 17.0 Å². The average molecular weight is 409 g/mol. The Balaban J connectivity index is 2.13. The van der Waals surface area contributed by atoms with E-state index >= 15 is 0 Å². The first-order valence-electron chi connectivity index (χ1n) is 9.05. The Hall–Kier alpha value is -3.05. The predicted molar refractivity (Wildman–Crippen MR) is 115 cm³/mol. The maximum atomic E-state index is 14.0. The summed E-state index contributed by atoms with van der Waals surface area (Å²) < 4.78 is 42.0. The highest BCUT2D eigenvalue weighted by Crippen LogP contribution is 2.47. The monoisotopic (exact) mass is 409 g/mol. The number of alkyl halides is 3. The largest absolute Gasteiger partial charge is 0.417 e. The van der Waals surface area contributed by atoms with Crippen LogP contribution in [0.15, 0.2) is 78.2 Å². The quantitative estimate of drug-likeness (QED) is 0.345. The first-order valence-corrected chi connectivity index (χ1v) is 9.93. The van der Waals surface area contributed by atoms with Crippen molar-refractivity contribution < 1.29 is 13.2 Å². The average Bonchev–Trinajstić information content (AvgIpc) is 3.14. The van der Waals surface area contributed by atoms with Crippen LogP contribution in [0.25, 0.3) is 32.7 Å². The highest BCUT2D eigenvalue weighted by Gasteiger charge is 2.36. The summed E-state index contributed by atoms with van der Waals surface area (Å²) in [6.45, 7) is 1.98. The van der Waals surface area contributed by atoms with Gasteiger partial charge in [-0.15, -0.1) is 11.3 Å². The number of anilines is 1. The molecule has 0 spiro atoms. The molecule has 29 heavy (non-hydrogen) atoms.